The highest BCUT2D eigenvalue weighted by molar-refractivity contribution is 9.11. The number of hydrogen-bond donors (Lipinski definition) is 1. The normalized spacial score (nSPS) is 10.5. The standard InChI is InChI=1S/C16H11BrN2O2S2/c1-9(20)14-13(10-5-3-2-4-6-10)18-16(23-14)19-15(21)11-7-8-12(17)22-11/h2-8H,1H3,(H,18,19,21). The van der Waals surface area contributed by atoms with E-state index in [1.807, 2.05) is 36.4 Å². The number of hydrogen-bond acceptors (Lipinski definition) is 5. The molecule has 0 aliphatic carbocycles. The second-order valence-corrected chi connectivity index (χ2v) is 8.14. The first-order valence-electron chi connectivity index (χ1n) is 6.68. The van der Waals surface area contributed by atoms with E-state index in [2.05, 4.69) is 26.2 Å². The van der Waals surface area contributed by atoms with Crippen LogP contribution in [-0.4, -0.2) is 16.7 Å². The van der Waals surface area contributed by atoms with Gasteiger partial charge in [0, 0.05) is 12.5 Å². The average molecular weight is 407 g/mol. The molecule has 7 heteroatoms. The predicted molar refractivity (Wildman–Crippen MR) is 97.5 cm³/mol. The summed E-state index contributed by atoms with van der Waals surface area (Å²) in [5.74, 6) is -0.301. The highest BCUT2D eigenvalue weighted by Gasteiger charge is 2.18. The second kappa shape index (κ2) is 6.74. The van der Waals surface area contributed by atoms with Crippen LogP contribution in [-0.2, 0) is 0 Å². The van der Waals surface area contributed by atoms with Crippen LogP contribution in [0.2, 0.25) is 0 Å². The molecule has 0 fully saturated rings. The molecule has 2 aromatic heterocycles. The summed E-state index contributed by atoms with van der Waals surface area (Å²) >= 11 is 5.87. The van der Waals surface area contributed by atoms with Gasteiger partial charge in [0.1, 0.15) is 0 Å². The van der Waals surface area contributed by atoms with Gasteiger partial charge < -0.3 is 0 Å². The number of ketones is 1. The smallest absolute Gasteiger partial charge is 0.267 e. The number of benzene rings is 1. The van der Waals surface area contributed by atoms with Crippen molar-refractivity contribution in [1.82, 2.24) is 4.98 Å². The van der Waals surface area contributed by atoms with Crippen molar-refractivity contribution in [3.8, 4) is 11.3 Å². The van der Waals surface area contributed by atoms with Crippen LogP contribution in [0.25, 0.3) is 11.3 Å². The molecule has 23 heavy (non-hydrogen) atoms. The molecule has 0 saturated heterocycles. The van der Waals surface area contributed by atoms with Crippen LogP contribution in [0.15, 0.2) is 46.3 Å². The lowest BCUT2D eigenvalue weighted by Gasteiger charge is -1.98. The van der Waals surface area contributed by atoms with Gasteiger partial charge in [-0.05, 0) is 28.1 Å². The minimum absolute atomic E-state index is 0.0688. The van der Waals surface area contributed by atoms with Gasteiger partial charge in [-0.2, -0.15) is 0 Å². The summed E-state index contributed by atoms with van der Waals surface area (Å²) in [6, 6.07) is 13.0. The number of nitrogens with zero attached hydrogens (tertiary/aromatic N) is 1. The van der Waals surface area contributed by atoms with E-state index < -0.39 is 0 Å². The Hall–Kier alpha value is -1.83. The van der Waals surface area contributed by atoms with Crippen molar-refractivity contribution < 1.29 is 9.59 Å². The fourth-order valence-corrected chi connectivity index (χ4v) is 4.16. The third-order valence-corrected chi connectivity index (χ3v) is 5.71. The van der Waals surface area contributed by atoms with Gasteiger partial charge >= 0.3 is 0 Å². The number of halogens is 1. The first kappa shape index (κ1) is 16.0. The molecule has 0 unspecified atom stereocenters. The lowest BCUT2D eigenvalue weighted by Crippen LogP contribution is -2.09. The first-order chi connectivity index (χ1) is 11.0. The quantitative estimate of drug-likeness (QED) is 0.613. The Balaban J connectivity index is 1.92. The molecule has 3 aromatic rings. The molecule has 0 saturated carbocycles. The van der Waals surface area contributed by atoms with Gasteiger partial charge in [-0.3, -0.25) is 14.9 Å². The maximum Gasteiger partial charge on any atom is 0.267 e. The fraction of sp³-hybridized carbons (Fsp3) is 0.0625. The molecule has 0 radical (unpaired) electrons. The second-order valence-electron chi connectivity index (χ2n) is 4.68. The van der Waals surface area contributed by atoms with E-state index in [-0.39, 0.29) is 11.7 Å². The minimum atomic E-state index is -0.232. The van der Waals surface area contributed by atoms with E-state index >= 15 is 0 Å². The van der Waals surface area contributed by atoms with Gasteiger partial charge in [0.2, 0.25) is 0 Å². The van der Waals surface area contributed by atoms with Crippen LogP contribution in [0.3, 0.4) is 0 Å². The fourth-order valence-electron chi connectivity index (χ4n) is 2.00. The summed E-state index contributed by atoms with van der Waals surface area (Å²) in [4.78, 5) is 29.6. The zero-order valence-corrected chi connectivity index (χ0v) is 15.2. The third-order valence-electron chi connectivity index (χ3n) is 3.01. The van der Waals surface area contributed by atoms with E-state index in [1.165, 1.54) is 29.6 Å². The molecule has 0 aliphatic rings. The van der Waals surface area contributed by atoms with Crippen LogP contribution >= 0.6 is 38.6 Å². The first-order valence-corrected chi connectivity index (χ1v) is 9.11. The minimum Gasteiger partial charge on any atom is -0.297 e. The van der Waals surface area contributed by atoms with Crippen LogP contribution < -0.4 is 5.32 Å². The Bertz CT molecular complexity index is 871. The van der Waals surface area contributed by atoms with Crippen molar-refractivity contribution in [2.75, 3.05) is 5.32 Å². The zero-order valence-electron chi connectivity index (χ0n) is 12.0. The maximum atomic E-state index is 12.2. The largest absolute Gasteiger partial charge is 0.297 e. The molecule has 0 aliphatic heterocycles. The lowest BCUT2D eigenvalue weighted by atomic mass is 10.1. The summed E-state index contributed by atoms with van der Waals surface area (Å²) < 4.78 is 0.885. The summed E-state index contributed by atoms with van der Waals surface area (Å²) in [6.45, 7) is 1.50. The summed E-state index contributed by atoms with van der Waals surface area (Å²) in [7, 11) is 0. The summed E-state index contributed by atoms with van der Waals surface area (Å²) in [6.07, 6.45) is 0. The molecule has 1 N–H and O–H groups in total. The SMILES string of the molecule is CC(=O)c1sc(NC(=O)c2ccc(Br)s2)nc1-c1ccccc1. The Kier molecular flexibility index (Phi) is 4.70. The van der Waals surface area contributed by atoms with Crippen molar-refractivity contribution in [3.05, 3.63) is 56.0 Å². The number of carbonyl (C=O) groups excluding carboxylic acids is 2. The van der Waals surface area contributed by atoms with Gasteiger partial charge in [-0.25, -0.2) is 4.98 Å². The van der Waals surface area contributed by atoms with E-state index in [1.54, 1.807) is 6.07 Å². The number of thiophene rings is 1. The Morgan fingerprint density at radius 1 is 1.09 bits per heavy atom. The van der Waals surface area contributed by atoms with Gasteiger partial charge in [0.15, 0.2) is 10.9 Å². The van der Waals surface area contributed by atoms with Gasteiger partial charge in [-0.15, -0.1) is 11.3 Å². The Morgan fingerprint density at radius 3 is 2.43 bits per heavy atom. The summed E-state index contributed by atoms with van der Waals surface area (Å²) in [5, 5.41) is 3.18. The van der Waals surface area contributed by atoms with Crippen molar-refractivity contribution in [2.24, 2.45) is 0 Å². The number of nitrogens with one attached hydrogen (secondary N) is 1. The molecule has 4 nitrogen and oxygen atoms in total. The number of thiazole rings is 1. The van der Waals surface area contributed by atoms with E-state index in [9.17, 15) is 9.59 Å². The Labute approximate surface area is 149 Å². The Morgan fingerprint density at radius 2 is 1.83 bits per heavy atom. The van der Waals surface area contributed by atoms with Crippen molar-refractivity contribution in [1.29, 1.82) is 0 Å². The zero-order chi connectivity index (χ0) is 16.4. The monoisotopic (exact) mass is 406 g/mol. The number of aromatic nitrogens is 1. The molecule has 116 valence electrons. The molecule has 1 amide bonds. The lowest BCUT2D eigenvalue weighted by molar-refractivity contribution is 0.101. The molecule has 0 atom stereocenters. The number of anilines is 1. The van der Waals surface area contributed by atoms with Crippen LogP contribution in [0.4, 0.5) is 5.13 Å². The van der Waals surface area contributed by atoms with Crippen molar-refractivity contribution in [2.45, 2.75) is 6.92 Å². The van der Waals surface area contributed by atoms with Gasteiger partial charge in [-0.1, -0.05) is 41.7 Å². The summed E-state index contributed by atoms with van der Waals surface area (Å²) in [5.41, 5.74) is 1.46. The molecule has 2 heterocycles. The van der Waals surface area contributed by atoms with E-state index in [0.29, 0.717) is 20.6 Å². The maximum absolute atomic E-state index is 12.2. The number of amides is 1. The number of Topliss-reactive ketones (excluding diaryl/α,β-unsaturated/α-hetero) is 1. The molecule has 0 bridgehead atoms. The van der Waals surface area contributed by atoms with E-state index in [4.69, 9.17) is 0 Å². The highest BCUT2D eigenvalue weighted by Crippen LogP contribution is 2.32. The average Bonchev–Trinajstić information content (AvgIpc) is 3.15. The van der Waals surface area contributed by atoms with Gasteiger partial charge in [0.05, 0.1) is 19.2 Å². The topological polar surface area (TPSA) is 59.1 Å². The van der Waals surface area contributed by atoms with E-state index in [0.717, 1.165) is 9.35 Å². The van der Waals surface area contributed by atoms with Crippen LogP contribution in [0, 0.1) is 0 Å². The van der Waals surface area contributed by atoms with Crippen molar-refractivity contribution >= 4 is 55.4 Å². The molecule has 1 aromatic carbocycles. The molecular formula is C16H11BrN2O2S2. The van der Waals surface area contributed by atoms with Crippen LogP contribution in [0.1, 0.15) is 26.3 Å². The molecule has 0 spiro atoms. The number of carbonyl (C=O) groups is 2. The third kappa shape index (κ3) is 3.57. The molecular weight excluding hydrogens is 396 g/mol. The highest BCUT2D eigenvalue weighted by atomic mass is 79.9. The molecule has 3 rings (SSSR count). The van der Waals surface area contributed by atoms with Gasteiger partial charge in [0.25, 0.3) is 5.91 Å². The number of rotatable bonds is 4. The predicted octanol–water partition coefficient (Wildman–Crippen LogP) is 5.09. The van der Waals surface area contributed by atoms with Crippen molar-refractivity contribution in [3.63, 3.8) is 0 Å². The van der Waals surface area contributed by atoms with Crippen LogP contribution in [0.5, 0.6) is 0 Å².